The molecule has 0 aliphatic rings. The largest absolute Gasteiger partial charge is 0.289 e. The first-order valence-corrected chi connectivity index (χ1v) is 5.09. The van der Waals surface area contributed by atoms with E-state index in [0.717, 1.165) is 5.71 Å². The van der Waals surface area contributed by atoms with Crippen LogP contribution in [-0.4, -0.2) is 12.8 Å². The topological polar surface area (TPSA) is 12.4 Å². The second-order valence-corrected chi connectivity index (χ2v) is 3.40. The van der Waals surface area contributed by atoms with Crippen LogP contribution in [0.3, 0.4) is 0 Å². The van der Waals surface area contributed by atoms with Crippen LogP contribution in [0.2, 0.25) is 0 Å². The number of rotatable bonds is 5. The zero-order chi connectivity index (χ0) is 11.0. The molecular weight excluding hydrogens is 170 g/mol. The van der Waals surface area contributed by atoms with E-state index in [9.17, 15) is 0 Å². The van der Waals surface area contributed by atoms with Crippen LogP contribution < -0.4 is 0 Å². The van der Waals surface area contributed by atoms with Crippen LogP contribution >= 0.6 is 0 Å². The first-order valence-electron chi connectivity index (χ1n) is 5.09. The summed E-state index contributed by atoms with van der Waals surface area (Å²) in [5.74, 6) is 0. The van der Waals surface area contributed by atoms with Gasteiger partial charge >= 0.3 is 0 Å². The van der Waals surface area contributed by atoms with Gasteiger partial charge in [-0.05, 0) is 32.4 Å². The van der Waals surface area contributed by atoms with Crippen LogP contribution in [0, 0.1) is 0 Å². The molecule has 0 aromatic rings. The molecule has 0 bridgehead atoms. The maximum Gasteiger partial charge on any atom is 0.0565 e. The molecule has 0 atom stereocenters. The van der Waals surface area contributed by atoms with E-state index < -0.39 is 0 Å². The third-order valence-corrected chi connectivity index (χ3v) is 2.27. The van der Waals surface area contributed by atoms with E-state index in [4.69, 9.17) is 0 Å². The van der Waals surface area contributed by atoms with Gasteiger partial charge in [0.15, 0.2) is 0 Å². The molecule has 0 spiro atoms. The van der Waals surface area contributed by atoms with Gasteiger partial charge in [0.2, 0.25) is 0 Å². The smallest absolute Gasteiger partial charge is 0.0565 e. The first kappa shape index (κ1) is 12.9. The van der Waals surface area contributed by atoms with Crippen molar-refractivity contribution in [2.45, 2.75) is 33.6 Å². The SMILES string of the molecule is C=CC(/C=C\C(C)=C(/C)CCC)=N/C. The van der Waals surface area contributed by atoms with Gasteiger partial charge in [0.05, 0.1) is 5.71 Å². The predicted molar refractivity (Wildman–Crippen MR) is 66.0 cm³/mol. The maximum atomic E-state index is 4.07. The molecule has 0 saturated carbocycles. The molecule has 0 rings (SSSR count). The lowest BCUT2D eigenvalue weighted by Crippen LogP contribution is -1.87. The fourth-order valence-electron chi connectivity index (χ4n) is 1.16. The number of aliphatic imine (C=N–C) groups is 1. The monoisotopic (exact) mass is 191 g/mol. The van der Waals surface area contributed by atoms with Crippen LogP contribution in [0.4, 0.5) is 0 Å². The van der Waals surface area contributed by atoms with Crippen molar-refractivity contribution in [3.63, 3.8) is 0 Å². The molecular formula is C13H21N. The minimum atomic E-state index is 0.925. The van der Waals surface area contributed by atoms with E-state index in [1.54, 1.807) is 13.1 Å². The Balaban J connectivity index is 4.51. The van der Waals surface area contributed by atoms with Crippen LogP contribution in [-0.2, 0) is 0 Å². The summed E-state index contributed by atoms with van der Waals surface area (Å²) in [6, 6.07) is 0. The average molecular weight is 191 g/mol. The highest BCUT2D eigenvalue weighted by Gasteiger charge is 1.92. The molecule has 0 aromatic carbocycles. The summed E-state index contributed by atoms with van der Waals surface area (Å²) in [6.07, 6.45) is 8.24. The Hall–Kier alpha value is -1.11. The summed E-state index contributed by atoms with van der Waals surface area (Å²) in [5.41, 5.74) is 3.70. The molecule has 0 heterocycles. The Bertz CT molecular complexity index is 267. The summed E-state index contributed by atoms with van der Waals surface area (Å²) in [5, 5.41) is 0. The summed E-state index contributed by atoms with van der Waals surface area (Å²) < 4.78 is 0. The molecule has 0 aliphatic heterocycles. The van der Waals surface area contributed by atoms with Crippen molar-refractivity contribution in [3.8, 4) is 0 Å². The fraction of sp³-hybridized carbons (Fsp3) is 0.462. The standard InChI is InChI=1S/C13H21N/c1-6-8-11(3)12(4)9-10-13(7-2)14-5/h7,9-10H,2,6,8H2,1,3-5H3/b10-9-,12-11+,14-13-. The van der Waals surface area contributed by atoms with Crippen molar-refractivity contribution in [3.05, 3.63) is 36.0 Å². The van der Waals surface area contributed by atoms with E-state index in [-0.39, 0.29) is 0 Å². The zero-order valence-corrected chi connectivity index (χ0v) is 9.80. The summed E-state index contributed by atoms with van der Waals surface area (Å²) in [7, 11) is 1.78. The lowest BCUT2D eigenvalue weighted by atomic mass is 10.1. The highest BCUT2D eigenvalue weighted by Crippen LogP contribution is 2.10. The molecule has 14 heavy (non-hydrogen) atoms. The number of allylic oxidation sites excluding steroid dienone is 5. The van der Waals surface area contributed by atoms with Gasteiger partial charge in [0.1, 0.15) is 0 Å². The summed E-state index contributed by atoms with van der Waals surface area (Å²) in [4.78, 5) is 4.07. The average Bonchev–Trinajstić information content (AvgIpc) is 2.19. The normalized spacial score (nSPS) is 14.4. The Morgan fingerprint density at radius 1 is 1.29 bits per heavy atom. The van der Waals surface area contributed by atoms with Crippen molar-refractivity contribution in [2.24, 2.45) is 4.99 Å². The molecule has 1 nitrogen and oxygen atoms in total. The molecule has 0 fully saturated rings. The Kier molecular flexibility index (Phi) is 6.73. The van der Waals surface area contributed by atoms with Crippen molar-refractivity contribution >= 4 is 5.71 Å². The van der Waals surface area contributed by atoms with Crippen molar-refractivity contribution in [1.29, 1.82) is 0 Å². The molecule has 0 N–H and O–H groups in total. The third-order valence-electron chi connectivity index (χ3n) is 2.27. The number of hydrogen-bond acceptors (Lipinski definition) is 1. The Morgan fingerprint density at radius 2 is 1.93 bits per heavy atom. The van der Waals surface area contributed by atoms with Gasteiger partial charge in [0.25, 0.3) is 0 Å². The predicted octanol–water partition coefficient (Wildman–Crippen LogP) is 3.94. The lowest BCUT2D eigenvalue weighted by Gasteiger charge is -2.01. The van der Waals surface area contributed by atoms with Gasteiger partial charge < -0.3 is 0 Å². The minimum Gasteiger partial charge on any atom is -0.289 e. The molecule has 0 amide bonds. The van der Waals surface area contributed by atoms with Crippen LogP contribution in [0.15, 0.2) is 40.9 Å². The summed E-state index contributed by atoms with van der Waals surface area (Å²) in [6.45, 7) is 10.2. The third kappa shape index (κ3) is 4.80. The van der Waals surface area contributed by atoms with Crippen LogP contribution in [0.5, 0.6) is 0 Å². The van der Waals surface area contributed by atoms with Gasteiger partial charge in [-0.2, -0.15) is 0 Å². The Labute approximate surface area is 87.9 Å². The van der Waals surface area contributed by atoms with E-state index >= 15 is 0 Å². The van der Waals surface area contributed by atoms with E-state index in [0.29, 0.717) is 0 Å². The molecule has 0 saturated heterocycles. The second-order valence-electron chi connectivity index (χ2n) is 3.40. The van der Waals surface area contributed by atoms with E-state index in [1.807, 2.05) is 6.08 Å². The van der Waals surface area contributed by atoms with E-state index in [2.05, 4.69) is 38.4 Å². The molecule has 0 unspecified atom stereocenters. The first-order chi connectivity index (χ1) is 6.65. The second kappa shape index (κ2) is 7.31. The molecule has 0 aromatic heterocycles. The van der Waals surface area contributed by atoms with Crippen molar-refractivity contribution in [1.82, 2.24) is 0 Å². The number of nitrogens with zero attached hydrogens (tertiary/aromatic N) is 1. The molecule has 0 radical (unpaired) electrons. The highest BCUT2D eigenvalue weighted by molar-refractivity contribution is 6.03. The quantitative estimate of drug-likeness (QED) is 0.461. The van der Waals surface area contributed by atoms with Crippen molar-refractivity contribution < 1.29 is 0 Å². The lowest BCUT2D eigenvalue weighted by molar-refractivity contribution is 0.895. The molecule has 0 aliphatic carbocycles. The van der Waals surface area contributed by atoms with E-state index in [1.165, 1.54) is 24.0 Å². The number of hydrogen-bond donors (Lipinski definition) is 0. The summed E-state index contributed by atoms with van der Waals surface area (Å²) >= 11 is 0. The van der Waals surface area contributed by atoms with Crippen LogP contribution in [0.1, 0.15) is 33.6 Å². The van der Waals surface area contributed by atoms with Gasteiger partial charge in [-0.25, -0.2) is 0 Å². The van der Waals surface area contributed by atoms with Gasteiger partial charge in [-0.1, -0.05) is 37.1 Å². The van der Waals surface area contributed by atoms with Gasteiger partial charge in [-0.3, -0.25) is 4.99 Å². The zero-order valence-electron chi connectivity index (χ0n) is 9.80. The Morgan fingerprint density at radius 3 is 2.36 bits per heavy atom. The minimum absolute atomic E-state index is 0.925. The fourth-order valence-corrected chi connectivity index (χ4v) is 1.16. The molecule has 78 valence electrons. The highest BCUT2D eigenvalue weighted by atomic mass is 14.7. The van der Waals surface area contributed by atoms with Crippen LogP contribution in [0.25, 0.3) is 0 Å². The van der Waals surface area contributed by atoms with Gasteiger partial charge in [0, 0.05) is 7.05 Å². The molecule has 1 heteroatoms. The maximum absolute atomic E-state index is 4.07. The van der Waals surface area contributed by atoms with Crippen molar-refractivity contribution in [2.75, 3.05) is 7.05 Å². The van der Waals surface area contributed by atoms with Gasteiger partial charge in [-0.15, -0.1) is 0 Å².